The fourth-order valence-electron chi connectivity index (χ4n) is 2.79. The van der Waals surface area contributed by atoms with Gasteiger partial charge in [0, 0.05) is 18.2 Å². The average molecular weight is 312 g/mol. The number of nitrogens with one attached hydrogen (secondary N) is 1. The third kappa shape index (κ3) is 3.41. The van der Waals surface area contributed by atoms with Crippen LogP contribution in [0.4, 0.5) is 5.69 Å². The SMILES string of the molecule is CCCNC1CCCC1S(=O)(=O)c1ccc([N+](=O)[O-])cc1. The van der Waals surface area contributed by atoms with E-state index in [2.05, 4.69) is 5.32 Å². The van der Waals surface area contributed by atoms with Crippen LogP contribution in [0.5, 0.6) is 0 Å². The lowest BCUT2D eigenvalue weighted by molar-refractivity contribution is -0.384. The van der Waals surface area contributed by atoms with Gasteiger partial charge >= 0.3 is 0 Å². The van der Waals surface area contributed by atoms with Crippen LogP contribution in [0.1, 0.15) is 32.6 Å². The predicted octanol–water partition coefficient (Wildman–Crippen LogP) is 2.29. The highest BCUT2D eigenvalue weighted by molar-refractivity contribution is 7.92. The highest BCUT2D eigenvalue weighted by Gasteiger charge is 2.38. The summed E-state index contributed by atoms with van der Waals surface area (Å²) in [5.74, 6) is 0. The molecule has 0 saturated heterocycles. The maximum Gasteiger partial charge on any atom is 0.269 e. The Morgan fingerprint density at radius 3 is 2.52 bits per heavy atom. The molecule has 1 aromatic carbocycles. The van der Waals surface area contributed by atoms with E-state index in [1.165, 1.54) is 24.3 Å². The number of nitro benzene ring substituents is 1. The van der Waals surface area contributed by atoms with E-state index in [9.17, 15) is 18.5 Å². The van der Waals surface area contributed by atoms with E-state index in [1.54, 1.807) is 0 Å². The van der Waals surface area contributed by atoms with Gasteiger partial charge in [-0.25, -0.2) is 8.42 Å². The molecular weight excluding hydrogens is 292 g/mol. The van der Waals surface area contributed by atoms with E-state index in [1.807, 2.05) is 6.92 Å². The zero-order valence-electron chi connectivity index (χ0n) is 12.0. The van der Waals surface area contributed by atoms with Gasteiger partial charge in [-0.15, -0.1) is 0 Å². The molecule has 1 saturated carbocycles. The van der Waals surface area contributed by atoms with Gasteiger partial charge in [0.25, 0.3) is 5.69 Å². The van der Waals surface area contributed by atoms with Gasteiger partial charge in [0.05, 0.1) is 15.1 Å². The quantitative estimate of drug-likeness (QED) is 0.643. The number of hydrogen-bond acceptors (Lipinski definition) is 5. The highest BCUT2D eigenvalue weighted by atomic mass is 32.2. The molecule has 0 aliphatic heterocycles. The third-order valence-electron chi connectivity index (χ3n) is 3.88. The summed E-state index contributed by atoms with van der Waals surface area (Å²) in [6.07, 6.45) is 3.34. The molecular formula is C14H20N2O4S. The molecule has 1 aromatic rings. The summed E-state index contributed by atoms with van der Waals surface area (Å²) in [7, 11) is -3.45. The molecule has 2 atom stereocenters. The minimum absolute atomic E-state index is 0.0230. The molecule has 7 heteroatoms. The Morgan fingerprint density at radius 1 is 1.29 bits per heavy atom. The van der Waals surface area contributed by atoms with E-state index in [0.717, 1.165) is 25.8 Å². The van der Waals surface area contributed by atoms with E-state index in [-0.39, 0.29) is 16.6 Å². The first-order chi connectivity index (χ1) is 9.96. The molecule has 1 fully saturated rings. The van der Waals surface area contributed by atoms with Gasteiger partial charge in [-0.1, -0.05) is 13.3 Å². The minimum atomic E-state index is -3.45. The second-order valence-corrected chi connectivity index (χ2v) is 7.49. The zero-order valence-corrected chi connectivity index (χ0v) is 12.8. The first kappa shape index (κ1) is 15.9. The van der Waals surface area contributed by atoms with Crippen LogP contribution in [-0.2, 0) is 9.84 Å². The first-order valence-electron chi connectivity index (χ1n) is 7.18. The standard InChI is InChI=1S/C14H20N2O4S/c1-2-10-15-13-4-3-5-14(13)21(19,20)12-8-6-11(7-9-12)16(17)18/h6-9,13-15H,2-5,10H2,1H3. The topological polar surface area (TPSA) is 89.3 Å². The number of hydrogen-bond donors (Lipinski definition) is 1. The Hall–Kier alpha value is -1.47. The van der Waals surface area contributed by atoms with E-state index in [0.29, 0.717) is 6.42 Å². The van der Waals surface area contributed by atoms with Gasteiger partial charge < -0.3 is 5.32 Å². The van der Waals surface area contributed by atoms with Crippen LogP contribution in [0, 0.1) is 10.1 Å². The first-order valence-corrected chi connectivity index (χ1v) is 8.73. The number of non-ortho nitro benzene ring substituents is 1. The molecule has 1 aliphatic carbocycles. The monoisotopic (exact) mass is 312 g/mol. The lowest BCUT2D eigenvalue weighted by Crippen LogP contribution is -2.40. The van der Waals surface area contributed by atoms with Crippen molar-refractivity contribution in [1.82, 2.24) is 5.32 Å². The predicted molar refractivity (Wildman–Crippen MR) is 80.0 cm³/mol. The van der Waals surface area contributed by atoms with Crippen molar-refractivity contribution in [3.05, 3.63) is 34.4 Å². The summed E-state index contributed by atoms with van der Waals surface area (Å²) in [6, 6.07) is 5.14. The number of nitrogens with zero attached hydrogens (tertiary/aromatic N) is 1. The number of nitro groups is 1. The van der Waals surface area contributed by atoms with Crippen LogP contribution < -0.4 is 5.32 Å². The Kier molecular flexibility index (Phi) is 4.95. The number of rotatable bonds is 6. The van der Waals surface area contributed by atoms with Crippen molar-refractivity contribution in [3.63, 3.8) is 0 Å². The average Bonchev–Trinajstić information content (AvgIpc) is 2.94. The smallest absolute Gasteiger partial charge is 0.269 e. The maximum absolute atomic E-state index is 12.7. The van der Waals surface area contributed by atoms with Crippen LogP contribution in [0.3, 0.4) is 0 Å². The van der Waals surface area contributed by atoms with Crippen molar-refractivity contribution in [3.8, 4) is 0 Å². The second-order valence-electron chi connectivity index (χ2n) is 5.33. The van der Waals surface area contributed by atoms with Crippen LogP contribution >= 0.6 is 0 Å². The van der Waals surface area contributed by atoms with E-state index < -0.39 is 20.0 Å². The lowest BCUT2D eigenvalue weighted by Gasteiger charge is -2.21. The lowest BCUT2D eigenvalue weighted by atomic mass is 10.2. The fourth-order valence-corrected chi connectivity index (χ4v) is 4.80. The molecule has 0 bridgehead atoms. The molecule has 2 unspecified atom stereocenters. The van der Waals surface area contributed by atoms with Crippen molar-refractivity contribution in [2.45, 2.75) is 48.8 Å². The van der Waals surface area contributed by atoms with Crippen molar-refractivity contribution in [2.24, 2.45) is 0 Å². The molecule has 21 heavy (non-hydrogen) atoms. The van der Waals surface area contributed by atoms with Gasteiger partial charge in [0.2, 0.25) is 0 Å². The summed E-state index contributed by atoms with van der Waals surface area (Å²) in [5.41, 5.74) is -0.0963. The van der Waals surface area contributed by atoms with Crippen molar-refractivity contribution in [1.29, 1.82) is 0 Å². The third-order valence-corrected chi connectivity index (χ3v) is 6.17. The number of sulfone groups is 1. The van der Waals surface area contributed by atoms with E-state index in [4.69, 9.17) is 0 Å². The Morgan fingerprint density at radius 2 is 1.95 bits per heavy atom. The fraction of sp³-hybridized carbons (Fsp3) is 0.571. The second kappa shape index (κ2) is 6.53. The Bertz CT molecular complexity index is 598. The van der Waals surface area contributed by atoms with Gasteiger partial charge in [0.1, 0.15) is 0 Å². The van der Waals surface area contributed by atoms with Crippen LogP contribution in [0.2, 0.25) is 0 Å². The normalized spacial score (nSPS) is 22.3. The molecule has 0 amide bonds. The molecule has 0 aromatic heterocycles. The Labute approximate surface area is 124 Å². The molecule has 2 rings (SSSR count). The summed E-state index contributed by atoms with van der Waals surface area (Å²) in [4.78, 5) is 10.3. The minimum Gasteiger partial charge on any atom is -0.313 e. The summed E-state index contributed by atoms with van der Waals surface area (Å²) < 4.78 is 25.4. The van der Waals surface area contributed by atoms with Gasteiger partial charge in [-0.3, -0.25) is 10.1 Å². The van der Waals surface area contributed by atoms with Crippen LogP contribution in [0.15, 0.2) is 29.2 Å². The van der Waals surface area contributed by atoms with Crippen LogP contribution in [-0.4, -0.2) is 31.2 Å². The molecule has 0 heterocycles. The molecule has 1 aliphatic rings. The van der Waals surface area contributed by atoms with Crippen molar-refractivity contribution >= 4 is 15.5 Å². The summed E-state index contributed by atoms with van der Waals surface area (Å²) >= 11 is 0. The summed E-state index contributed by atoms with van der Waals surface area (Å²) in [6.45, 7) is 2.85. The highest BCUT2D eigenvalue weighted by Crippen LogP contribution is 2.30. The van der Waals surface area contributed by atoms with Gasteiger partial charge in [-0.2, -0.15) is 0 Å². The maximum atomic E-state index is 12.7. The zero-order chi connectivity index (χ0) is 15.5. The summed E-state index contributed by atoms with van der Waals surface area (Å²) in [5, 5.41) is 13.5. The number of benzene rings is 1. The molecule has 6 nitrogen and oxygen atoms in total. The molecule has 0 spiro atoms. The van der Waals surface area contributed by atoms with Crippen LogP contribution in [0.25, 0.3) is 0 Å². The molecule has 1 N–H and O–H groups in total. The largest absolute Gasteiger partial charge is 0.313 e. The molecule has 0 radical (unpaired) electrons. The van der Waals surface area contributed by atoms with Crippen molar-refractivity contribution < 1.29 is 13.3 Å². The Balaban J connectivity index is 2.22. The van der Waals surface area contributed by atoms with Gasteiger partial charge in [-0.05, 0) is 37.9 Å². The molecule has 116 valence electrons. The van der Waals surface area contributed by atoms with E-state index >= 15 is 0 Å². The van der Waals surface area contributed by atoms with Gasteiger partial charge in [0.15, 0.2) is 9.84 Å². The van der Waals surface area contributed by atoms with Crippen molar-refractivity contribution in [2.75, 3.05) is 6.54 Å².